The zero-order valence-electron chi connectivity index (χ0n) is 8.64. The van der Waals surface area contributed by atoms with Crippen molar-refractivity contribution in [1.82, 2.24) is 0 Å². The predicted octanol–water partition coefficient (Wildman–Crippen LogP) is 6.53. The maximum absolute atomic E-state index is 6.19. The lowest BCUT2D eigenvalue weighted by atomic mass is 10.2. The number of hydrogen-bond donors (Lipinski definition) is 0. The van der Waals surface area contributed by atoms with E-state index in [0.29, 0.717) is 32.5 Å². The quantitative estimate of drug-likeness (QED) is 0.284. The molecule has 0 aromatic heterocycles. The average molecular weight is 455 g/mol. The van der Waals surface area contributed by atoms with Crippen molar-refractivity contribution in [3.05, 3.63) is 42.7 Å². The van der Waals surface area contributed by atoms with Crippen molar-refractivity contribution in [2.75, 3.05) is 0 Å². The van der Waals surface area contributed by atoms with E-state index in [2.05, 4.69) is 47.8 Å². The van der Waals surface area contributed by atoms with Crippen LogP contribution in [0.1, 0.15) is 0 Å². The molecule has 2 nitrogen and oxygen atoms in total. The van der Waals surface area contributed by atoms with Crippen LogP contribution in [0, 0.1) is 0 Å². The molecule has 2 aromatic rings. The van der Waals surface area contributed by atoms with Crippen molar-refractivity contribution in [3.63, 3.8) is 0 Å². The van der Waals surface area contributed by atoms with E-state index in [1.54, 1.807) is 0 Å². The predicted molar refractivity (Wildman–Crippen MR) is 81.1 cm³/mol. The van der Waals surface area contributed by atoms with Crippen LogP contribution in [-0.2, 0) is 0 Å². The molecule has 3 rings (SSSR count). The van der Waals surface area contributed by atoms with E-state index in [4.69, 9.17) is 21.1 Å². The molecule has 1 aliphatic rings. The number of benzene rings is 2. The Morgan fingerprint density at radius 1 is 0.778 bits per heavy atom. The summed E-state index contributed by atoms with van der Waals surface area (Å²) in [4.78, 5) is 0. The summed E-state index contributed by atoms with van der Waals surface area (Å²) in [6.45, 7) is 0. The summed E-state index contributed by atoms with van der Waals surface area (Å²) in [6, 6.07) is 7.47. The van der Waals surface area contributed by atoms with Crippen LogP contribution in [0.2, 0.25) is 5.02 Å². The lowest BCUT2D eigenvalue weighted by Gasteiger charge is -2.23. The fourth-order valence-electron chi connectivity index (χ4n) is 1.61. The first-order valence-electron chi connectivity index (χ1n) is 4.90. The molecule has 2 aromatic carbocycles. The Morgan fingerprint density at radius 2 is 1.28 bits per heavy atom. The maximum Gasteiger partial charge on any atom is 0.187 e. The van der Waals surface area contributed by atoms with Crippen LogP contribution in [0.5, 0.6) is 23.0 Å². The Kier molecular flexibility index (Phi) is 3.34. The average Bonchev–Trinajstić information content (AvgIpc) is 2.41. The zero-order chi connectivity index (χ0) is 12.9. The summed E-state index contributed by atoms with van der Waals surface area (Å²) in [7, 11) is 0. The second-order valence-electron chi connectivity index (χ2n) is 3.57. The number of ether oxygens (including phenoxy) is 2. The molecule has 0 aliphatic carbocycles. The molecule has 18 heavy (non-hydrogen) atoms. The van der Waals surface area contributed by atoms with Gasteiger partial charge in [-0.05, 0) is 59.9 Å². The summed E-state index contributed by atoms with van der Waals surface area (Å²) in [5.74, 6) is 2.49. The van der Waals surface area contributed by atoms with Crippen molar-refractivity contribution < 1.29 is 9.47 Å². The molecule has 6 heteroatoms. The number of halogens is 4. The molecule has 92 valence electrons. The van der Waals surface area contributed by atoms with Crippen LogP contribution in [0.15, 0.2) is 37.7 Å². The minimum Gasteiger partial charge on any atom is -0.448 e. The van der Waals surface area contributed by atoms with Crippen molar-refractivity contribution in [3.8, 4) is 23.0 Å². The zero-order valence-corrected chi connectivity index (χ0v) is 14.2. The Morgan fingerprint density at radius 3 is 1.83 bits per heavy atom. The number of rotatable bonds is 0. The van der Waals surface area contributed by atoms with E-state index in [1.165, 1.54) is 0 Å². The maximum atomic E-state index is 6.19. The lowest BCUT2D eigenvalue weighted by Crippen LogP contribution is -2.01. The molecule has 0 radical (unpaired) electrons. The second-order valence-corrected chi connectivity index (χ2v) is 6.32. The molecule has 0 saturated heterocycles. The van der Waals surface area contributed by atoms with Gasteiger partial charge in [0.2, 0.25) is 0 Å². The molecule has 0 fully saturated rings. The van der Waals surface area contributed by atoms with Gasteiger partial charge in [0.05, 0.1) is 18.4 Å². The molecule has 0 bridgehead atoms. The van der Waals surface area contributed by atoms with Crippen LogP contribution < -0.4 is 9.47 Å². The molecular weight excluding hydrogens is 451 g/mol. The largest absolute Gasteiger partial charge is 0.448 e. The monoisotopic (exact) mass is 452 g/mol. The molecule has 0 N–H and O–H groups in total. The molecule has 1 heterocycles. The molecule has 0 saturated carbocycles. The molecule has 1 aliphatic heterocycles. The van der Waals surface area contributed by atoms with Crippen molar-refractivity contribution >= 4 is 59.4 Å². The highest BCUT2D eigenvalue weighted by molar-refractivity contribution is 9.13. The normalized spacial score (nSPS) is 12.2. The Balaban J connectivity index is 2.25. The van der Waals surface area contributed by atoms with Gasteiger partial charge in [0.1, 0.15) is 0 Å². The molecular formula is C12H4Br3ClO2. The number of para-hydroxylation sites is 2. The smallest absolute Gasteiger partial charge is 0.187 e. The van der Waals surface area contributed by atoms with Gasteiger partial charge in [0.25, 0.3) is 0 Å². The molecule has 0 atom stereocenters. The SMILES string of the molecule is Clc1c(Br)c(Br)c2c(c1Br)Oc1ccccc1O2. The molecule has 0 spiro atoms. The van der Waals surface area contributed by atoms with E-state index >= 15 is 0 Å². The van der Waals surface area contributed by atoms with Crippen LogP contribution in [0.3, 0.4) is 0 Å². The highest BCUT2D eigenvalue weighted by Crippen LogP contribution is 2.56. The van der Waals surface area contributed by atoms with E-state index in [-0.39, 0.29) is 0 Å². The summed E-state index contributed by atoms with van der Waals surface area (Å²) in [6.07, 6.45) is 0. The Bertz CT molecular complexity index is 602. The van der Waals surface area contributed by atoms with Gasteiger partial charge >= 0.3 is 0 Å². The minimum absolute atomic E-state index is 0.531. The van der Waals surface area contributed by atoms with Gasteiger partial charge in [0, 0.05) is 0 Å². The summed E-state index contributed by atoms with van der Waals surface area (Å²) >= 11 is 16.5. The van der Waals surface area contributed by atoms with E-state index in [0.717, 1.165) is 8.95 Å². The van der Waals surface area contributed by atoms with E-state index in [1.807, 2.05) is 24.3 Å². The van der Waals surface area contributed by atoms with Gasteiger partial charge in [-0.1, -0.05) is 23.7 Å². The summed E-state index contributed by atoms with van der Waals surface area (Å²) in [5.41, 5.74) is 0. The third kappa shape index (κ3) is 1.88. The highest BCUT2D eigenvalue weighted by Gasteiger charge is 2.27. The lowest BCUT2D eigenvalue weighted by molar-refractivity contribution is 0.355. The van der Waals surface area contributed by atoms with Gasteiger partial charge in [-0.2, -0.15) is 0 Å². The minimum atomic E-state index is 0.531. The van der Waals surface area contributed by atoms with Crippen LogP contribution in [0.4, 0.5) is 0 Å². The van der Waals surface area contributed by atoms with E-state index < -0.39 is 0 Å². The highest BCUT2D eigenvalue weighted by atomic mass is 79.9. The third-order valence-electron chi connectivity index (χ3n) is 2.46. The third-order valence-corrected chi connectivity index (χ3v) is 6.13. The number of fused-ring (bicyclic) bond motifs is 2. The second kappa shape index (κ2) is 4.71. The van der Waals surface area contributed by atoms with Crippen LogP contribution in [0.25, 0.3) is 0 Å². The topological polar surface area (TPSA) is 18.5 Å². The van der Waals surface area contributed by atoms with Crippen molar-refractivity contribution in [2.24, 2.45) is 0 Å². The van der Waals surface area contributed by atoms with Gasteiger partial charge in [-0.3, -0.25) is 0 Å². The van der Waals surface area contributed by atoms with Gasteiger partial charge in [-0.15, -0.1) is 0 Å². The fraction of sp³-hybridized carbons (Fsp3) is 0. The van der Waals surface area contributed by atoms with Gasteiger partial charge in [-0.25, -0.2) is 0 Å². The Labute approximate surface area is 134 Å². The molecule has 0 amide bonds. The fourth-order valence-corrected chi connectivity index (χ4v) is 3.47. The van der Waals surface area contributed by atoms with Crippen molar-refractivity contribution in [2.45, 2.75) is 0 Å². The first kappa shape index (κ1) is 12.8. The van der Waals surface area contributed by atoms with Crippen molar-refractivity contribution in [1.29, 1.82) is 0 Å². The Hall–Kier alpha value is -0.230. The van der Waals surface area contributed by atoms with E-state index in [9.17, 15) is 0 Å². The number of hydrogen-bond acceptors (Lipinski definition) is 2. The summed E-state index contributed by atoms with van der Waals surface area (Å²) < 4.78 is 13.8. The first-order chi connectivity index (χ1) is 8.59. The van der Waals surface area contributed by atoms with Gasteiger partial charge < -0.3 is 9.47 Å². The first-order valence-corrected chi connectivity index (χ1v) is 7.66. The van der Waals surface area contributed by atoms with Gasteiger partial charge in [0.15, 0.2) is 23.0 Å². The molecule has 0 unspecified atom stereocenters. The van der Waals surface area contributed by atoms with Crippen LogP contribution in [-0.4, -0.2) is 0 Å². The standard InChI is InChI=1S/C12H4Br3ClO2/c13-7-8(14)11-12(9(15)10(7)16)18-6-4-2-1-3-5(6)17-11/h1-4H. The van der Waals surface area contributed by atoms with Crippen LogP contribution >= 0.6 is 59.4 Å². The summed E-state index contributed by atoms with van der Waals surface area (Å²) in [5, 5.41) is 0.531.